The SMILES string of the molecule is N#Cc1c[c]([Mg][Cl])ccn1. The molecule has 46 valence electrons. The monoisotopic (exact) mass is 162 g/mol. The normalized spacial score (nSPS) is 8.00. The molecule has 1 heterocycles. The molecule has 0 aliphatic rings. The molecular formula is C6H3ClMgN2. The third-order valence-corrected chi connectivity index (χ3v) is 2.77. The number of hydrogen-bond acceptors (Lipinski definition) is 2. The molecule has 0 amide bonds. The largest absolute Gasteiger partial charge is 0.538 e. The lowest BCUT2D eigenvalue weighted by Gasteiger charge is -1.91. The zero-order valence-corrected chi connectivity index (χ0v) is 7.38. The molecule has 0 atom stereocenters. The summed E-state index contributed by atoms with van der Waals surface area (Å²) in [5.41, 5.74) is 0.450. The number of nitrogens with zero attached hydrogens (tertiary/aromatic N) is 2. The number of hydrogen-bond donors (Lipinski definition) is 0. The van der Waals surface area contributed by atoms with E-state index in [1.165, 1.54) is 0 Å². The molecule has 0 saturated heterocycles. The number of pyridine rings is 1. The van der Waals surface area contributed by atoms with Gasteiger partial charge in [-0.15, -0.1) is 3.69 Å². The van der Waals surface area contributed by atoms with E-state index in [4.69, 9.17) is 14.3 Å². The average Bonchev–Trinajstić information content (AvgIpc) is 2.05. The fourth-order valence-corrected chi connectivity index (χ4v) is 1.58. The van der Waals surface area contributed by atoms with Gasteiger partial charge >= 0.3 is 19.3 Å². The van der Waals surface area contributed by atoms with Gasteiger partial charge in [-0.05, 0) is 6.07 Å². The van der Waals surface area contributed by atoms with Crippen LogP contribution in [0.2, 0.25) is 0 Å². The van der Waals surface area contributed by atoms with Crippen molar-refractivity contribution in [2.24, 2.45) is 0 Å². The van der Waals surface area contributed by atoms with Gasteiger partial charge < -0.3 is 9.07 Å². The summed E-state index contributed by atoms with van der Waals surface area (Å²) in [5.74, 6) is 0. The van der Waals surface area contributed by atoms with Gasteiger partial charge in [0, 0.05) is 6.20 Å². The van der Waals surface area contributed by atoms with Crippen molar-refractivity contribution in [3.8, 4) is 6.07 Å². The first-order chi connectivity index (χ1) is 4.86. The van der Waals surface area contributed by atoms with Crippen molar-refractivity contribution < 1.29 is 0 Å². The fraction of sp³-hybridized carbons (Fsp3) is 0. The average molecular weight is 163 g/mol. The maximum atomic E-state index is 8.42. The third kappa shape index (κ3) is 1.84. The molecule has 1 aromatic rings. The molecule has 0 radical (unpaired) electrons. The summed E-state index contributed by atoms with van der Waals surface area (Å²) in [6, 6.07) is 5.54. The van der Waals surface area contributed by atoms with Crippen molar-refractivity contribution in [1.29, 1.82) is 5.26 Å². The van der Waals surface area contributed by atoms with Crippen molar-refractivity contribution in [3.05, 3.63) is 24.0 Å². The predicted molar refractivity (Wildman–Crippen MR) is 40.2 cm³/mol. The van der Waals surface area contributed by atoms with E-state index < -0.39 is 19.3 Å². The van der Waals surface area contributed by atoms with Crippen LogP contribution in [0.25, 0.3) is 0 Å². The molecule has 0 fully saturated rings. The van der Waals surface area contributed by atoms with Crippen LogP contribution in [0.15, 0.2) is 18.3 Å². The summed E-state index contributed by atoms with van der Waals surface area (Å²) >= 11 is -0.658. The van der Waals surface area contributed by atoms with E-state index in [2.05, 4.69) is 4.98 Å². The third-order valence-electron chi connectivity index (χ3n) is 1.09. The molecular weight excluding hydrogens is 160 g/mol. The lowest BCUT2D eigenvalue weighted by molar-refractivity contribution is 1.27. The Labute approximate surface area is 72.3 Å². The van der Waals surface area contributed by atoms with Gasteiger partial charge in [-0.1, -0.05) is 6.07 Å². The van der Waals surface area contributed by atoms with Crippen molar-refractivity contribution in [2.75, 3.05) is 0 Å². The standard InChI is InChI=1S/C6H3N2.ClH.Mg/c7-5-6-3-1-2-4-8-6;;/h2-4H;1H;/q;;+1/p-1. The minimum atomic E-state index is -0.658. The van der Waals surface area contributed by atoms with Crippen LogP contribution in [-0.2, 0) is 0 Å². The Kier molecular flexibility index (Phi) is 2.94. The summed E-state index contributed by atoms with van der Waals surface area (Å²) in [7, 11) is 5.66. The van der Waals surface area contributed by atoms with Crippen LogP contribution in [-0.4, -0.2) is 24.2 Å². The zero-order chi connectivity index (χ0) is 7.40. The molecule has 0 saturated carbocycles. The van der Waals surface area contributed by atoms with Crippen molar-refractivity contribution in [2.45, 2.75) is 0 Å². The van der Waals surface area contributed by atoms with Gasteiger partial charge in [0.15, 0.2) is 0 Å². The molecule has 0 aliphatic heterocycles. The second-order valence-electron chi connectivity index (χ2n) is 1.79. The van der Waals surface area contributed by atoms with Gasteiger partial charge in [-0.3, -0.25) is 0 Å². The molecule has 0 unspecified atom stereocenters. The minimum absolute atomic E-state index is 0.450. The minimum Gasteiger partial charge on any atom is -0.336 e. The Hall–Kier alpha value is -0.304. The van der Waals surface area contributed by atoms with Crippen molar-refractivity contribution in [1.82, 2.24) is 4.98 Å². The Balaban J connectivity index is 3.01. The number of rotatable bonds is 1. The molecule has 0 bridgehead atoms. The summed E-state index contributed by atoms with van der Waals surface area (Å²) in [4.78, 5) is 3.81. The lowest BCUT2D eigenvalue weighted by atomic mass is 10.4. The van der Waals surface area contributed by atoms with E-state index in [0.717, 1.165) is 3.69 Å². The molecule has 1 rings (SSSR count). The van der Waals surface area contributed by atoms with Crippen molar-refractivity contribution in [3.63, 3.8) is 0 Å². The van der Waals surface area contributed by atoms with Crippen LogP contribution >= 0.6 is 9.07 Å². The van der Waals surface area contributed by atoms with Crippen LogP contribution in [0.5, 0.6) is 0 Å². The van der Waals surface area contributed by atoms with E-state index in [1.807, 2.05) is 12.1 Å². The first-order valence-corrected chi connectivity index (χ1v) is 5.62. The van der Waals surface area contributed by atoms with E-state index in [0.29, 0.717) is 5.69 Å². The van der Waals surface area contributed by atoms with E-state index in [-0.39, 0.29) is 0 Å². The highest BCUT2D eigenvalue weighted by molar-refractivity contribution is 7.01. The lowest BCUT2D eigenvalue weighted by Crippen LogP contribution is -2.08. The number of aromatic nitrogens is 1. The van der Waals surface area contributed by atoms with Crippen molar-refractivity contribution >= 4 is 32.0 Å². The second-order valence-corrected chi connectivity index (χ2v) is 3.68. The van der Waals surface area contributed by atoms with Crippen LogP contribution in [0.4, 0.5) is 0 Å². The Morgan fingerprint density at radius 1 is 1.70 bits per heavy atom. The summed E-state index contributed by atoms with van der Waals surface area (Å²) in [6.45, 7) is 0. The summed E-state index contributed by atoms with van der Waals surface area (Å²) in [5, 5.41) is 8.42. The fourth-order valence-electron chi connectivity index (χ4n) is 0.619. The Morgan fingerprint density at radius 2 is 2.50 bits per heavy atom. The second kappa shape index (κ2) is 3.77. The maximum Gasteiger partial charge on any atom is 0.538 e. The maximum absolute atomic E-state index is 8.42. The van der Waals surface area contributed by atoms with Gasteiger partial charge in [-0.2, -0.15) is 5.26 Å². The first kappa shape index (κ1) is 7.80. The molecule has 10 heavy (non-hydrogen) atoms. The predicted octanol–water partition coefficient (Wildman–Crippen LogP) is 0.437. The zero-order valence-electron chi connectivity index (χ0n) is 5.21. The Bertz CT molecular complexity index is 269. The highest BCUT2D eigenvalue weighted by Gasteiger charge is 1.96. The number of nitriles is 1. The molecule has 0 spiro atoms. The van der Waals surface area contributed by atoms with E-state index >= 15 is 0 Å². The smallest absolute Gasteiger partial charge is 0.336 e. The highest BCUT2D eigenvalue weighted by Crippen LogP contribution is 1.87. The van der Waals surface area contributed by atoms with Crippen LogP contribution in [0, 0.1) is 11.3 Å². The van der Waals surface area contributed by atoms with Gasteiger partial charge in [0.25, 0.3) is 0 Å². The molecule has 0 aliphatic carbocycles. The van der Waals surface area contributed by atoms with Gasteiger partial charge in [0.05, 0.1) is 0 Å². The molecule has 4 heteroatoms. The van der Waals surface area contributed by atoms with Crippen LogP contribution < -0.4 is 3.69 Å². The van der Waals surface area contributed by atoms with E-state index in [9.17, 15) is 0 Å². The topological polar surface area (TPSA) is 36.7 Å². The van der Waals surface area contributed by atoms with Gasteiger partial charge in [0.1, 0.15) is 11.8 Å². The highest BCUT2D eigenvalue weighted by atomic mass is 35.5. The molecule has 0 N–H and O–H groups in total. The van der Waals surface area contributed by atoms with Crippen LogP contribution in [0.3, 0.4) is 0 Å². The molecule has 2 nitrogen and oxygen atoms in total. The summed E-state index contributed by atoms with van der Waals surface area (Å²) < 4.78 is 1.06. The molecule has 1 aromatic heterocycles. The summed E-state index contributed by atoms with van der Waals surface area (Å²) in [6.07, 6.45) is 1.61. The first-order valence-electron chi connectivity index (χ1n) is 2.78. The quantitative estimate of drug-likeness (QED) is 0.563. The molecule has 0 aromatic carbocycles. The number of halogens is 1. The van der Waals surface area contributed by atoms with E-state index in [1.54, 1.807) is 12.3 Å². The Morgan fingerprint density at radius 3 is 3.10 bits per heavy atom. The van der Waals surface area contributed by atoms with Crippen LogP contribution in [0.1, 0.15) is 5.69 Å². The van der Waals surface area contributed by atoms with Gasteiger partial charge in [0.2, 0.25) is 0 Å². The van der Waals surface area contributed by atoms with Gasteiger partial charge in [-0.25, -0.2) is 4.98 Å².